The van der Waals surface area contributed by atoms with Crippen molar-refractivity contribution in [2.24, 2.45) is 5.92 Å². The predicted octanol–water partition coefficient (Wildman–Crippen LogP) is 3.07. The number of hydrogen-bond acceptors (Lipinski definition) is 6. The van der Waals surface area contributed by atoms with E-state index in [1.165, 1.54) is 12.0 Å². The molecule has 0 saturated carbocycles. The summed E-state index contributed by atoms with van der Waals surface area (Å²) in [5.41, 5.74) is 0.451. The highest BCUT2D eigenvalue weighted by Gasteiger charge is 2.35. The number of rotatable bonds is 7. The van der Waals surface area contributed by atoms with Crippen LogP contribution in [0.1, 0.15) is 16.8 Å². The van der Waals surface area contributed by atoms with Crippen LogP contribution < -0.4 is 19.7 Å². The van der Waals surface area contributed by atoms with Gasteiger partial charge >= 0.3 is 12.6 Å². The molecule has 1 aliphatic rings. The molecule has 3 rings (SSSR count). The highest BCUT2D eigenvalue weighted by Crippen LogP contribution is 2.36. The monoisotopic (exact) mass is 434 g/mol. The third-order valence-corrected chi connectivity index (χ3v) is 4.75. The van der Waals surface area contributed by atoms with Crippen LogP contribution in [0.5, 0.6) is 11.5 Å². The van der Waals surface area contributed by atoms with Crippen LogP contribution in [0.3, 0.4) is 0 Å². The summed E-state index contributed by atoms with van der Waals surface area (Å²) in [5, 5.41) is 2.53. The van der Waals surface area contributed by atoms with E-state index < -0.39 is 24.4 Å². The molecule has 1 fully saturated rings. The molecule has 0 aromatic heterocycles. The van der Waals surface area contributed by atoms with Crippen LogP contribution in [0.25, 0.3) is 0 Å². The van der Waals surface area contributed by atoms with Crippen LogP contribution in [0.15, 0.2) is 42.5 Å². The molecule has 2 amide bonds. The Balaban J connectivity index is 1.86. The molecular formula is C21H20F2N2O6. The zero-order chi connectivity index (χ0) is 22.5. The van der Waals surface area contributed by atoms with Crippen molar-refractivity contribution in [1.29, 1.82) is 0 Å². The molecule has 10 heteroatoms. The fourth-order valence-corrected chi connectivity index (χ4v) is 3.27. The van der Waals surface area contributed by atoms with Gasteiger partial charge < -0.3 is 24.4 Å². The smallest absolute Gasteiger partial charge is 0.387 e. The van der Waals surface area contributed by atoms with Crippen molar-refractivity contribution in [1.82, 2.24) is 0 Å². The third kappa shape index (κ3) is 4.90. The summed E-state index contributed by atoms with van der Waals surface area (Å²) in [4.78, 5) is 38.8. The lowest BCUT2D eigenvalue weighted by atomic mass is 10.1. The lowest BCUT2D eigenvalue weighted by Gasteiger charge is -2.18. The minimum absolute atomic E-state index is 0.0369. The SMILES string of the molecule is COC(=O)c1cc(OC)c(OC(F)F)cc1NC(=O)C1CC(=O)N(c2ccccc2)C1. The van der Waals surface area contributed by atoms with Gasteiger partial charge in [-0.05, 0) is 12.1 Å². The van der Waals surface area contributed by atoms with Crippen LogP contribution in [-0.2, 0) is 14.3 Å². The molecule has 8 nitrogen and oxygen atoms in total. The fraction of sp³-hybridized carbons (Fsp3) is 0.286. The molecule has 1 unspecified atom stereocenters. The zero-order valence-electron chi connectivity index (χ0n) is 16.8. The summed E-state index contributed by atoms with van der Waals surface area (Å²) in [7, 11) is 2.35. The van der Waals surface area contributed by atoms with Crippen LogP contribution in [0.4, 0.5) is 20.2 Å². The normalized spacial score (nSPS) is 15.7. The molecule has 31 heavy (non-hydrogen) atoms. The van der Waals surface area contributed by atoms with Crippen molar-refractivity contribution in [2.45, 2.75) is 13.0 Å². The van der Waals surface area contributed by atoms with Gasteiger partial charge in [0.1, 0.15) is 0 Å². The number of nitrogens with zero attached hydrogens (tertiary/aromatic N) is 1. The number of benzene rings is 2. The molecular weight excluding hydrogens is 414 g/mol. The van der Waals surface area contributed by atoms with Crippen molar-refractivity contribution in [3.63, 3.8) is 0 Å². The number of hydrogen-bond donors (Lipinski definition) is 1. The maximum Gasteiger partial charge on any atom is 0.387 e. The quantitative estimate of drug-likeness (QED) is 0.674. The Morgan fingerprint density at radius 3 is 2.45 bits per heavy atom. The largest absolute Gasteiger partial charge is 0.493 e. The zero-order valence-corrected chi connectivity index (χ0v) is 16.8. The number of nitrogens with one attached hydrogen (secondary N) is 1. The Morgan fingerprint density at radius 1 is 1.13 bits per heavy atom. The van der Waals surface area contributed by atoms with Gasteiger partial charge in [-0.25, -0.2) is 4.79 Å². The lowest BCUT2D eigenvalue weighted by molar-refractivity contribution is -0.122. The van der Waals surface area contributed by atoms with E-state index in [9.17, 15) is 23.2 Å². The minimum Gasteiger partial charge on any atom is -0.493 e. The van der Waals surface area contributed by atoms with Crippen LogP contribution in [-0.4, -0.2) is 45.2 Å². The molecule has 0 aliphatic carbocycles. The molecule has 1 N–H and O–H groups in total. The Hall–Kier alpha value is -3.69. The van der Waals surface area contributed by atoms with Gasteiger partial charge in [0, 0.05) is 30.8 Å². The lowest BCUT2D eigenvalue weighted by Crippen LogP contribution is -2.28. The van der Waals surface area contributed by atoms with Gasteiger partial charge in [-0.3, -0.25) is 9.59 Å². The molecule has 1 heterocycles. The Labute approximate surface area is 176 Å². The highest BCUT2D eigenvalue weighted by atomic mass is 19.3. The standard InChI is InChI=1S/C21H20F2N2O6/c1-29-16-9-14(20(28)30-2)15(10-17(16)31-21(22)23)24-19(27)12-8-18(26)25(11-12)13-6-4-3-5-7-13/h3-7,9-10,12,21H,8,11H2,1-2H3,(H,24,27). The maximum atomic E-state index is 12.8. The molecule has 2 aromatic carbocycles. The topological polar surface area (TPSA) is 94.2 Å². The van der Waals surface area contributed by atoms with E-state index in [-0.39, 0.29) is 41.6 Å². The second-order valence-electron chi connectivity index (χ2n) is 6.65. The maximum absolute atomic E-state index is 12.8. The van der Waals surface area contributed by atoms with Crippen molar-refractivity contribution < 1.29 is 37.4 Å². The van der Waals surface area contributed by atoms with Gasteiger partial charge in [0.05, 0.1) is 31.4 Å². The summed E-state index contributed by atoms with van der Waals surface area (Å²) >= 11 is 0. The van der Waals surface area contributed by atoms with E-state index in [2.05, 4.69) is 10.1 Å². The highest BCUT2D eigenvalue weighted by molar-refractivity contribution is 6.06. The van der Waals surface area contributed by atoms with Crippen LogP contribution >= 0.6 is 0 Å². The first kappa shape index (κ1) is 22.0. The predicted molar refractivity (Wildman–Crippen MR) is 106 cm³/mol. The van der Waals surface area contributed by atoms with Gasteiger partial charge in [-0.2, -0.15) is 8.78 Å². The summed E-state index contributed by atoms with van der Waals surface area (Å²) in [6, 6.07) is 11.1. The molecule has 1 saturated heterocycles. The number of carbonyl (C=O) groups excluding carboxylic acids is 3. The molecule has 1 aliphatic heterocycles. The molecule has 164 valence electrons. The number of para-hydroxylation sites is 1. The van der Waals surface area contributed by atoms with Crippen molar-refractivity contribution in [3.05, 3.63) is 48.0 Å². The molecule has 1 atom stereocenters. The average molecular weight is 434 g/mol. The molecule has 2 aromatic rings. The van der Waals surface area contributed by atoms with Crippen LogP contribution in [0.2, 0.25) is 0 Å². The summed E-state index contributed by atoms with van der Waals surface area (Å²) in [6.07, 6.45) is -0.0369. The number of anilines is 2. The first-order valence-electron chi connectivity index (χ1n) is 9.25. The number of alkyl halides is 2. The molecule has 0 bridgehead atoms. The van der Waals surface area contributed by atoms with E-state index in [0.29, 0.717) is 5.69 Å². The van der Waals surface area contributed by atoms with Crippen LogP contribution in [0, 0.1) is 5.92 Å². The van der Waals surface area contributed by atoms with E-state index in [4.69, 9.17) is 9.47 Å². The number of carbonyl (C=O) groups is 3. The second-order valence-corrected chi connectivity index (χ2v) is 6.65. The number of methoxy groups -OCH3 is 2. The Morgan fingerprint density at radius 2 is 1.84 bits per heavy atom. The number of halogens is 2. The minimum atomic E-state index is -3.15. The van der Waals surface area contributed by atoms with E-state index >= 15 is 0 Å². The van der Waals surface area contributed by atoms with E-state index in [0.717, 1.165) is 19.2 Å². The third-order valence-electron chi connectivity index (χ3n) is 4.75. The number of amides is 2. The first-order valence-corrected chi connectivity index (χ1v) is 9.25. The summed E-state index contributed by atoms with van der Waals surface area (Å²) in [6.45, 7) is -3.01. The van der Waals surface area contributed by atoms with E-state index in [1.807, 2.05) is 6.07 Å². The van der Waals surface area contributed by atoms with E-state index in [1.54, 1.807) is 24.3 Å². The fourth-order valence-electron chi connectivity index (χ4n) is 3.27. The first-order chi connectivity index (χ1) is 14.8. The number of ether oxygens (including phenoxy) is 3. The van der Waals surface area contributed by atoms with Gasteiger partial charge in [-0.1, -0.05) is 18.2 Å². The molecule has 0 radical (unpaired) electrons. The average Bonchev–Trinajstić information content (AvgIpc) is 3.15. The van der Waals surface area contributed by atoms with Crippen molar-refractivity contribution in [2.75, 3.05) is 31.0 Å². The Bertz CT molecular complexity index is 983. The van der Waals surface area contributed by atoms with Gasteiger partial charge in [0.15, 0.2) is 11.5 Å². The Kier molecular flexibility index (Phi) is 6.68. The van der Waals surface area contributed by atoms with Gasteiger partial charge in [0.2, 0.25) is 11.8 Å². The van der Waals surface area contributed by atoms with Gasteiger partial charge in [0.25, 0.3) is 0 Å². The second kappa shape index (κ2) is 9.41. The summed E-state index contributed by atoms with van der Waals surface area (Å²) in [5.74, 6) is -2.80. The van der Waals surface area contributed by atoms with Crippen molar-refractivity contribution in [3.8, 4) is 11.5 Å². The molecule has 0 spiro atoms. The van der Waals surface area contributed by atoms with Crippen molar-refractivity contribution >= 4 is 29.2 Å². The number of esters is 1. The summed E-state index contributed by atoms with van der Waals surface area (Å²) < 4.78 is 39.6. The van der Waals surface area contributed by atoms with Gasteiger partial charge in [-0.15, -0.1) is 0 Å².